The van der Waals surface area contributed by atoms with Gasteiger partial charge in [-0.2, -0.15) is 8.42 Å². The van der Waals surface area contributed by atoms with Crippen molar-refractivity contribution in [2.75, 3.05) is 14.2 Å². The number of benzene rings is 2. The Morgan fingerprint density at radius 3 is 2.29 bits per heavy atom. The monoisotopic (exact) mass is 398 g/mol. The highest BCUT2D eigenvalue weighted by Gasteiger charge is 2.21. The molecule has 0 aliphatic carbocycles. The number of hydrogen-bond donors (Lipinski definition) is 1. The van der Waals surface area contributed by atoms with Gasteiger partial charge < -0.3 is 18.6 Å². The molecule has 2 heterocycles. The van der Waals surface area contributed by atoms with E-state index in [-0.39, 0.29) is 10.8 Å². The molecule has 0 bridgehead atoms. The summed E-state index contributed by atoms with van der Waals surface area (Å²) in [6, 6.07) is 11.7. The zero-order valence-electron chi connectivity index (χ0n) is 15.5. The molecule has 0 fully saturated rings. The molecule has 7 nitrogen and oxygen atoms in total. The average molecular weight is 398 g/mol. The van der Waals surface area contributed by atoms with Crippen LogP contribution in [0.2, 0.25) is 0 Å². The van der Waals surface area contributed by atoms with Crippen LogP contribution < -0.4 is 13.7 Å². The molecule has 0 saturated heterocycles. The molecule has 0 atom stereocenters. The summed E-state index contributed by atoms with van der Waals surface area (Å²) in [5, 5.41) is 1.27. The molecule has 2 aromatic carbocycles. The fraction of sp³-hybridized carbons (Fsp3) is 0.150. The number of aromatic amines is 1. The largest absolute Gasteiger partial charge is 0.493 e. The molecule has 2 aromatic heterocycles. The number of methoxy groups -OCH3 is 2. The molecule has 0 spiro atoms. The van der Waals surface area contributed by atoms with Gasteiger partial charge in [-0.15, -0.1) is 0 Å². The van der Waals surface area contributed by atoms with Crippen LogP contribution in [-0.2, 0) is 10.1 Å². The van der Waals surface area contributed by atoms with Gasteiger partial charge in [-0.3, -0.25) is 0 Å². The van der Waals surface area contributed by atoms with Crippen molar-refractivity contribution in [1.29, 1.82) is 0 Å². The van der Waals surface area contributed by atoms with Crippen LogP contribution >= 0.6 is 0 Å². The van der Waals surface area contributed by atoms with Crippen molar-refractivity contribution in [2.24, 2.45) is 0 Å². The molecule has 0 saturated carbocycles. The Morgan fingerprint density at radius 1 is 0.929 bits per heavy atom. The molecular weight excluding hydrogens is 380 g/mol. The van der Waals surface area contributed by atoms with Gasteiger partial charge in [-0.05, 0) is 31.2 Å². The third-order valence-corrected chi connectivity index (χ3v) is 5.70. The van der Waals surface area contributed by atoms with E-state index in [4.69, 9.17) is 13.7 Å². The summed E-state index contributed by atoms with van der Waals surface area (Å²) in [6.07, 6.45) is 1.49. The van der Waals surface area contributed by atoms with Crippen molar-refractivity contribution in [3.63, 3.8) is 0 Å². The highest BCUT2D eigenvalue weighted by Crippen LogP contribution is 2.39. The summed E-state index contributed by atoms with van der Waals surface area (Å²) in [5.74, 6) is 1.08. The summed E-state index contributed by atoms with van der Waals surface area (Å²) >= 11 is 0. The van der Waals surface area contributed by atoms with Crippen LogP contribution in [0.3, 0.4) is 0 Å². The number of rotatable bonds is 5. The second-order valence-electron chi connectivity index (χ2n) is 6.27. The molecule has 0 amide bonds. The lowest BCUT2D eigenvalue weighted by Crippen LogP contribution is -2.10. The number of nitrogens with zero attached hydrogens (tertiary/aromatic N) is 1. The van der Waals surface area contributed by atoms with Crippen LogP contribution in [0.25, 0.3) is 21.8 Å². The molecule has 144 valence electrons. The number of H-pyrrole nitrogens is 1. The summed E-state index contributed by atoms with van der Waals surface area (Å²) in [4.78, 5) is 7.45. The van der Waals surface area contributed by atoms with Crippen molar-refractivity contribution in [1.82, 2.24) is 9.97 Å². The Kier molecular flexibility index (Phi) is 4.35. The fourth-order valence-electron chi connectivity index (χ4n) is 3.06. The summed E-state index contributed by atoms with van der Waals surface area (Å²) in [7, 11) is -0.939. The van der Waals surface area contributed by atoms with Crippen molar-refractivity contribution in [2.45, 2.75) is 11.8 Å². The van der Waals surface area contributed by atoms with Gasteiger partial charge in [-0.1, -0.05) is 17.7 Å². The second kappa shape index (κ2) is 6.72. The molecule has 4 aromatic rings. The smallest absolute Gasteiger partial charge is 0.340 e. The van der Waals surface area contributed by atoms with E-state index in [9.17, 15) is 8.42 Å². The van der Waals surface area contributed by atoms with Gasteiger partial charge in [0.05, 0.1) is 30.6 Å². The average Bonchev–Trinajstić information content (AvgIpc) is 3.05. The van der Waals surface area contributed by atoms with E-state index in [1.165, 1.54) is 25.4 Å². The minimum atomic E-state index is -4.03. The Bertz CT molecular complexity index is 1280. The lowest BCUT2D eigenvalue weighted by atomic mass is 10.1. The highest BCUT2D eigenvalue weighted by atomic mass is 32.2. The van der Waals surface area contributed by atoms with Crippen LogP contribution in [-0.4, -0.2) is 32.6 Å². The summed E-state index contributed by atoms with van der Waals surface area (Å²) in [6.45, 7) is 1.88. The zero-order chi connectivity index (χ0) is 19.9. The maximum absolute atomic E-state index is 12.7. The maximum atomic E-state index is 12.7. The molecule has 1 N–H and O–H groups in total. The van der Waals surface area contributed by atoms with Crippen LogP contribution in [0.15, 0.2) is 53.6 Å². The van der Waals surface area contributed by atoms with Gasteiger partial charge >= 0.3 is 10.1 Å². The first-order chi connectivity index (χ1) is 13.4. The zero-order valence-corrected chi connectivity index (χ0v) is 16.3. The molecule has 0 radical (unpaired) electrons. The summed E-state index contributed by atoms with van der Waals surface area (Å²) < 4.78 is 41.5. The lowest BCUT2D eigenvalue weighted by molar-refractivity contribution is 0.356. The predicted octanol–water partition coefficient (Wildman–Crippen LogP) is 3.81. The van der Waals surface area contributed by atoms with E-state index >= 15 is 0 Å². The van der Waals surface area contributed by atoms with Crippen LogP contribution in [0.5, 0.6) is 17.4 Å². The summed E-state index contributed by atoms with van der Waals surface area (Å²) in [5.41, 5.74) is 2.39. The molecule has 4 rings (SSSR count). The third-order valence-electron chi connectivity index (χ3n) is 4.48. The lowest BCUT2D eigenvalue weighted by Gasteiger charge is -2.09. The quantitative estimate of drug-likeness (QED) is 0.514. The third kappa shape index (κ3) is 3.01. The first-order valence-electron chi connectivity index (χ1n) is 8.46. The van der Waals surface area contributed by atoms with E-state index in [2.05, 4.69) is 9.97 Å². The van der Waals surface area contributed by atoms with E-state index in [0.717, 1.165) is 16.5 Å². The van der Waals surface area contributed by atoms with Crippen molar-refractivity contribution in [3.05, 3.63) is 54.2 Å². The van der Waals surface area contributed by atoms with Gasteiger partial charge in [0.25, 0.3) is 0 Å². The van der Waals surface area contributed by atoms with E-state index < -0.39 is 10.1 Å². The van der Waals surface area contributed by atoms with E-state index in [0.29, 0.717) is 22.4 Å². The molecule has 0 aliphatic heterocycles. The minimum absolute atomic E-state index is 0.00320. The normalized spacial score (nSPS) is 11.7. The Morgan fingerprint density at radius 2 is 1.61 bits per heavy atom. The Hall–Kier alpha value is -3.26. The maximum Gasteiger partial charge on any atom is 0.340 e. The molecule has 0 aliphatic rings. The van der Waals surface area contributed by atoms with E-state index in [1.54, 1.807) is 37.4 Å². The van der Waals surface area contributed by atoms with Gasteiger partial charge in [-0.25, -0.2) is 4.98 Å². The number of pyridine rings is 1. The van der Waals surface area contributed by atoms with Gasteiger partial charge in [0.15, 0.2) is 11.5 Å². The number of hydrogen-bond acceptors (Lipinski definition) is 6. The van der Waals surface area contributed by atoms with Gasteiger partial charge in [0.2, 0.25) is 5.88 Å². The van der Waals surface area contributed by atoms with Gasteiger partial charge in [0, 0.05) is 17.6 Å². The van der Waals surface area contributed by atoms with Crippen LogP contribution in [0.4, 0.5) is 0 Å². The highest BCUT2D eigenvalue weighted by molar-refractivity contribution is 7.87. The van der Waals surface area contributed by atoms with Crippen LogP contribution in [0, 0.1) is 6.92 Å². The number of ether oxygens (including phenoxy) is 2. The molecule has 28 heavy (non-hydrogen) atoms. The van der Waals surface area contributed by atoms with Crippen molar-refractivity contribution in [3.8, 4) is 17.4 Å². The number of aryl methyl sites for hydroxylation is 1. The minimum Gasteiger partial charge on any atom is -0.493 e. The van der Waals surface area contributed by atoms with Gasteiger partial charge in [0.1, 0.15) is 4.90 Å². The van der Waals surface area contributed by atoms with Crippen molar-refractivity contribution >= 4 is 31.9 Å². The SMILES string of the molecule is COc1cc2[nH]c3ccnc(OS(=O)(=O)c4ccc(C)cc4)c3c2cc1OC. The van der Waals surface area contributed by atoms with E-state index in [1.807, 2.05) is 6.92 Å². The number of aromatic nitrogens is 2. The first kappa shape index (κ1) is 18.1. The fourth-order valence-corrected chi connectivity index (χ4v) is 3.96. The molecule has 0 unspecified atom stereocenters. The standard InChI is InChI=1S/C20H18N2O5S/c1-12-4-6-13(7-5-12)28(23,24)27-20-19-14-10-17(25-2)18(26-3)11-16(14)22-15(19)8-9-21-20/h4-11,22H,1-3H3. The predicted molar refractivity (Wildman–Crippen MR) is 106 cm³/mol. The van der Waals surface area contributed by atoms with Crippen LogP contribution in [0.1, 0.15) is 5.56 Å². The molecular formula is C20H18N2O5S. The number of fused-ring (bicyclic) bond motifs is 3. The number of nitrogens with one attached hydrogen (secondary N) is 1. The molecule has 8 heteroatoms. The topological polar surface area (TPSA) is 90.5 Å². The Labute approximate surface area is 162 Å². The Balaban J connectivity index is 1.88. The second-order valence-corrected chi connectivity index (χ2v) is 7.81. The van der Waals surface area contributed by atoms with Crippen molar-refractivity contribution < 1.29 is 22.1 Å². The first-order valence-corrected chi connectivity index (χ1v) is 9.87.